The molecule has 0 aliphatic heterocycles. The van der Waals surface area contributed by atoms with Crippen LogP contribution in [0.1, 0.15) is 1.43 Å². The fourth-order valence-corrected chi connectivity index (χ4v) is 0. The van der Waals surface area contributed by atoms with Gasteiger partial charge in [0.05, 0.1) is 6.61 Å². The van der Waals surface area contributed by atoms with Gasteiger partial charge < -0.3 is 26.9 Å². The minimum Gasteiger partial charge on any atom is -1.00 e. The average molecular weight is 183 g/mol. The van der Waals surface area contributed by atoms with Gasteiger partial charge in [0, 0.05) is 6.54 Å². The molecule has 0 atom stereocenters. The van der Waals surface area contributed by atoms with Crippen LogP contribution < -0.4 is 35.3 Å². The molecule has 0 saturated carbocycles. The Bertz CT molecular complexity index is 88.2. The van der Waals surface area contributed by atoms with Crippen molar-refractivity contribution in [1.29, 1.82) is 0 Å². The summed E-state index contributed by atoms with van der Waals surface area (Å²) in [5, 5.41) is 7.75. The number of hydrogen-bond acceptors (Lipinski definition) is 3. The Morgan fingerprint density at radius 1 is 1.40 bits per heavy atom. The topological polar surface area (TPSA) is 124 Å². The Morgan fingerprint density at radius 3 is 1.50 bits per heavy atom. The minimum atomic E-state index is -4.64. The second-order valence-corrected chi connectivity index (χ2v) is 2.05. The molecule has 0 heterocycles. The largest absolute Gasteiger partial charge is 1.00 e. The summed E-state index contributed by atoms with van der Waals surface area (Å²) in [5.41, 5.74) is 4.78. The van der Waals surface area contributed by atoms with E-state index in [1.54, 1.807) is 0 Å². The molecule has 0 aliphatic carbocycles. The summed E-state index contributed by atoms with van der Waals surface area (Å²) in [6, 6.07) is 0. The maximum absolute atomic E-state index is 8.88. The zero-order chi connectivity index (χ0) is 7.91. The van der Waals surface area contributed by atoms with E-state index < -0.39 is 7.82 Å². The molecule has 0 amide bonds. The van der Waals surface area contributed by atoms with Gasteiger partial charge in [0.15, 0.2) is 0 Å². The van der Waals surface area contributed by atoms with Gasteiger partial charge in [0.2, 0.25) is 0 Å². The van der Waals surface area contributed by atoms with E-state index in [-0.39, 0.29) is 37.6 Å². The molecule has 0 aromatic rings. The van der Waals surface area contributed by atoms with Gasteiger partial charge in [0.25, 0.3) is 0 Å². The Hall–Kier alpha value is 1.03. The van der Waals surface area contributed by atoms with E-state index in [2.05, 4.69) is 0 Å². The van der Waals surface area contributed by atoms with Gasteiger partial charge in [-0.05, 0) is 0 Å². The van der Waals surface area contributed by atoms with Gasteiger partial charge in [-0.1, -0.05) is 0 Å². The number of phosphoric acid groups is 1. The van der Waals surface area contributed by atoms with E-state index in [0.717, 1.165) is 0 Å². The fraction of sp³-hybridized carbons (Fsp3) is 1.00. The van der Waals surface area contributed by atoms with E-state index in [1.807, 2.05) is 0 Å². The standard InChI is InChI=1S/C2H7NO.Na.H3O4P.H/c3-1-2-4;;1-5(2,3)4;/h4H,1-3H2;;(H3,1,2,3,4);/q;+1;;-1. The molecule has 0 aromatic carbocycles. The monoisotopic (exact) mass is 183 g/mol. The SMILES string of the molecule is NCCO.O=P(O)(O)O.[H-].[Na+]. The van der Waals surface area contributed by atoms with Gasteiger partial charge >= 0.3 is 37.4 Å². The number of rotatable bonds is 1. The first-order valence-corrected chi connectivity index (χ1v) is 3.57. The second kappa shape index (κ2) is 10.0. The molecule has 60 valence electrons. The van der Waals surface area contributed by atoms with Crippen molar-refractivity contribution >= 4 is 7.82 Å². The van der Waals surface area contributed by atoms with Gasteiger partial charge in [0.1, 0.15) is 0 Å². The van der Waals surface area contributed by atoms with Gasteiger partial charge in [-0.15, -0.1) is 0 Å². The Balaban J connectivity index is -0.0000000383. The van der Waals surface area contributed by atoms with Crippen molar-refractivity contribution in [2.75, 3.05) is 13.2 Å². The third-order valence-corrected chi connectivity index (χ3v) is 0.129. The van der Waals surface area contributed by atoms with Crippen LogP contribution in [0.3, 0.4) is 0 Å². The van der Waals surface area contributed by atoms with Crippen LogP contribution in [-0.4, -0.2) is 32.9 Å². The molecule has 8 heteroatoms. The van der Waals surface area contributed by atoms with Crippen LogP contribution >= 0.6 is 7.82 Å². The van der Waals surface area contributed by atoms with Crippen LogP contribution in [0.2, 0.25) is 0 Å². The molecular formula is C2H11NNaO5P. The van der Waals surface area contributed by atoms with Crippen LogP contribution in [0.15, 0.2) is 0 Å². The summed E-state index contributed by atoms with van der Waals surface area (Å²) < 4.78 is 8.88. The van der Waals surface area contributed by atoms with Crippen molar-refractivity contribution in [3.8, 4) is 0 Å². The van der Waals surface area contributed by atoms with Crippen LogP contribution in [0, 0.1) is 0 Å². The maximum Gasteiger partial charge on any atom is 1.00 e. The molecule has 0 bridgehead atoms. The van der Waals surface area contributed by atoms with E-state index in [0.29, 0.717) is 6.54 Å². The Morgan fingerprint density at radius 2 is 1.50 bits per heavy atom. The smallest absolute Gasteiger partial charge is 1.00 e. The number of nitrogens with two attached hydrogens (primary N) is 1. The summed E-state index contributed by atoms with van der Waals surface area (Å²) in [6.45, 7) is 0.472. The van der Waals surface area contributed by atoms with Crippen molar-refractivity contribution in [3.63, 3.8) is 0 Å². The third-order valence-electron chi connectivity index (χ3n) is 0.129. The Labute approximate surface area is 82.1 Å². The maximum atomic E-state index is 8.88. The molecule has 0 saturated heterocycles. The quantitative estimate of drug-likeness (QED) is 0.205. The predicted molar refractivity (Wildman–Crippen MR) is 31.5 cm³/mol. The van der Waals surface area contributed by atoms with Crippen LogP contribution in [-0.2, 0) is 4.57 Å². The van der Waals surface area contributed by atoms with Crippen molar-refractivity contribution in [1.82, 2.24) is 0 Å². The normalized spacial score (nSPS) is 8.90. The zero-order valence-corrected chi connectivity index (χ0v) is 8.53. The van der Waals surface area contributed by atoms with Gasteiger partial charge in [-0.2, -0.15) is 0 Å². The second-order valence-electron chi connectivity index (χ2n) is 1.03. The van der Waals surface area contributed by atoms with Crippen molar-refractivity contribution < 1.29 is 55.3 Å². The molecule has 0 fully saturated rings. The van der Waals surface area contributed by atoms with E-state index in [1.165, 1.54) is 0 Å². The molecule has 0 aromatic heterocycles. The van der Waals surface area contributed by atoms with E-state index in [4.69, 9.17) is 30.1 Å². The summed E-state index contributed by atoms with van der Waals surface area (Å²) in [6.07, 6.45) is 0. The summed E-state index contributed by atoms with van der Waals surface area (Å²) in [4.78, 5) is 21.6. The molecule has 6 N–H and O–H groups in total. The van der Waals surface area contributed by atoms with Crippen LogP contribution in [0.4, 0.5) is 0 Å². The molecular weight excluding hydrogens is 172 g/mol. The molecule has 6 nitrogen and oxygen atoms in total. The number of aliphatic hydroxyl groups excluding tert-OH is 1. The average Bonchev–Trinajstić information content (AvgIpc) is 1.61. The van der Waals surface area contributed by atoms with Crippen molar-refractivity contribution in [2.24, 2.45) is 5.73 Å². The van der Waals surface area contributed by atoms with E-state index >= 15 is 0 Å². The first kappa shape index (κ1) is 17.2. The Kier molecular flexibility index (Phi) is 17.3. The zero-order valence-electron chi connectivity index (χ0n) is 6.64. The fourth-order valence-electron chi connectivity index (χ4n) is 0. The van der Waals surface area contributed by atoms with Gasteiger partial charge in [-0.25, -0.2) is 4.57 Å². The van der Waals surface area contributed by atoms with Crippen molar-refractivity contribution in [2.45, 2.75) is 0 Å². The van der Waals surface area contributed by atoms with Crippen molar-refractivity contribution in [3.05, 3.63) is 0 Å². The third kappa shape index (κ3) is 141. The molecule has 0 rings (SSSR count). The molecule has 10 heavy (non-hydrogen) atoms. The minimum absolute atomic E-state index is 0. The number of aliphatic hydroxyl groups is 1. The molecule has 0 unspecified atom stereocenters. The predicted octanol–water partition coefficient (Wildman–Crippen LogP) is -4.87. The van der Waals surface area contributed by atoms with Gasteiger partial charge in [-0.3, -0.25) is 0 Å². The van der Waals surface area contributed by atoms with E-state index in [9.17, 15) is 0 Å². The van der Waals surface area contributed by atoms with Crippen LogP contribution in [0.5, 0.6) is 0 Å². The first-order valence-electron chi connectivity index (χ1n) is 2.01. The molecule has 0 radical (unpaired) electrons. The summed E-state index contributed by atoms with van der Waals surface area (Å²) in [7, 11) is -4.64. The summed E-state index contributed by atoms with van der Waals surface area (Å²) in [5.74, 6) is 0. The molecule has 0 spiro atoms. The van der Waals surface area contributed by atoms with Crippen LogP contribution in [0.25, 0.3) is 0 Å². The number of hydrogen-bond donors (Lipinski definition) is 5. The summed E-state index contributed by atoms with van der Waals surface area (Å²) >= 11 is 0. The molecule has 0 aliphatic rings. The first-order chi connectivity index (χ1) is 3.91.